The zero-order chi connectivity index (χ0) is 16.2. The van der Waals surface area contributed by atoms with E-state index in [9.17, 15) is 9.90 Å². The number of aromatic hydroxyl groups is 1. The molecule has 0 bridgehead atoms. The highest BCUT2D eigenvalue weighted by atomic mass is 16.5. The topological polar surface area (TPSA) is 86.5 Å². The number of esters is 1. The van der Waals surface area contributed by atoms with Crippen LogP contribution >= 0.6 is 0 Å². The molecule has 2 rings (SSSR count). The molecule has 0 radical (unpaired) electrons. The van der Waals surface area contributed by atoms with E-state index in [0.29, 0.717) is 12.3 Å². The van der Waals surface area contributed by atoms with Crippen LogP contribution in [0.25, 0.3) is 0 Å². The Morgan fingerprint density at radius 2 is 2.00 bits per heavy atom. The second-order valence-corrected chi connectivity index (χ2v) is 5.54. The lowest BCUT2D eigenvalue weighted by molar-refractivity contribution is -0.151. The molecule has 22 heavy (non-hydrogen) atoms. The highest BCUT2D eigenvalue weighted by Crippen LogP contribution is 2.21. The molecule has 0 saturated heterocycles. The molecule has 1 aromatic carbocycles. The number of aromatic nitrogens is 3. The Bertz CT molecular complexity index is 634. The fourth-order valence-corrected chi connectivity index (χ4v) is 1.94. The predicted molar refractivity (Wildman–Crippen MR) is 78.3 cm³/mol. The summed E-state index contributed by atoms with van der Waals surface area (Å²) >= 11 is 0. The van der Waals surface area contributed by atoms with Gasteiger partial charge in [-0.3, -0.25) is 4.79 Å². The number of carbonyl (C=O) groups excluding carboxylic acids is 1. The summed E-state index contributed by atoms with van der Waals surface area (Å²) in [5.74, 6) is 0.491. The minimum absolute atomic E-state index is 0.180. The lowest BCUT2D eigenvalue weighted by Crippen LogP contribution is -2.31. The lowest BCUT2D eigenvalue weighted by Gasteiger charge is -2.21. The average molecular weight is 305 g/mol. The highest BCUT2D eigenvalue weighted by molar-refractivity contribution is 5.75. The van der Waals surface area contributed by atoms with Gasteiger partial charge in [0.25, 0.3) is 0 Å². The van der Waals surface area contributed by atoms with Crippen LogP contribution in [-0.2, 0) is 22.7 Å². The maximum atomic E-state index is 11.7. The molecular weight excluding hydrogens is 286 g/mol. The zero-order valence-electron chi connectivity index (χ0n) is 12.8. The molecule has 0 atom stereocenters. The van der Waals surface area contributed by atoms with Gasteiger partial charge < -0.3 is 14.6 Å². The van der Waals surface area contributed by atoms with Crippen molar-refractivity contribution in [3.63, 3.8) is 0 Å². The molecule has 0 fully saturated rings. The highest BCUT2D eigenvalue weighted by Gasteiger charge is 2.30. The molecule has 7 heteroatoms. The molecule has 0 amide bonds. The number of carbonyl (C=O) groups is 1. The minimum Gasteiger partial charge on any atom is -0.508 e. The van der Waals surface area contributed by atoms with Gasteiger partial charge >= 0.3 is 5.97 Å². The second kappa shape index (κ2) is 6.46. The van der Waals surface area contributed by atoms with Crippen LogP contribution in [0.5, 0.6) is 11.5 Å². The number of methoxy groups -OCH3 is 1. The first kappa shape index (κ1) is 15.8. The molecule has 1 N–H and O–H groups in total. The third kappa shape index (κ3) is 3.75. The monoisotopic (exact) mass is 305 g/mol. The van der Waals surface area contributed by atoms with Crippen LogP contribution < -0.4 is 4.74 Å². The molecule has 7 nitrogen and oxygen atoms in total. The number of ether oxygens (including phenoxy) is 2. The molecule has 1 heterocycles. The van der Waals surface area contributed by atoms with Gasteiger partial charge in [0.1, 0.15) is 18.1 Å². The fourth-order valence-electron chi connectivity index (χ4n) is 1.94. The Labute approximate surface area is 128 Å². The molecule has 2 aromatic rings. The Morgan fingerprint density at radius 1 is 1.32 bits per heavy atom. The molecule has 0 spiro atoms. The Kier molecular flexibility index (Phi) is 4.65. The van der Waals surface area contributed by atoms with Gasteiger partial charge in [-0.05, 0) is 38.1 Å². The summed E-state index contributed by atoms with van der Waals surface area (Å²) in [7, 11) is 1.36. The third-order valence-corrected chi connectivity index (χ3v) is 3.20. The Hall–Kier alpha value is -2.57. The fraction of sp³-hybridized carbons (Fsp3) is 0.400. The quantitative estimate of drug-likeness (QED) is 0.818. The number of phenols is 1. The number of rotatable bonds is 6. The SMILES string of the molecule is COC(=O)C(C)(C)Cn1nncc1COc1ccc(O)cc1. The van der Waals surface area contributed by atoms with Gasteiger partial charge in [-0.15, -0.1) is 5.10 Å². The molecule has 0 aliphatic carbocycles. The van der Waals surface area contributed by atoms with Crippen LogP contribution in [0.3, 0.4) is 0 Å². The third-order valence-electron chi connectivity index (χ3n) is 3.20. The molecule has 118 valence electrons. The summed E-state index contributed by atoms with van der Waals surface area (Å²) in [6.45, 7) is 4.17. The predicted octanol–water partition coefficient (Wildman–Crippen LogP) is 1.76. The summed E-state index contributed by atoms with van der Waals surface area (Å²) in [5, 5.41) is 17.1. The van der Waals surface area contributed by atoms with Crippen molar-refractivity contribution in [3.05, 3.63) is 36.2 Å². The van der Waals surface area contributed by atoms with Gasteiger partial charge in [-0.1, -0.05) is 5.21 Å². The van der Waals surface area contributed by atoms with Crippen molar-refractivity contribution >= 4 is 5.97 Å². The average Bonchev–Trinajstić information content (AvgIpc) is 2.92. The van der Waals surface area contributed by atoms with Gasteiger partial charge in [-0.25, -0.2) is 4.68 Å². The van der Waals surface area contributed by atoms with Crippen LogP contribution in [-0.4, -0.2) is 33.2 Å². The maximum Gasteiger partial charge on any atom is 0.313 e. The number of benzene rings is 1. The summed E-state index contributed by atoms with van der Waals surface area (Å²) < 4.78 is 12.0. The minimum atomic E-state index is -0.713. The summed E-state index contributed by atoms with van der Waals surface area (Å²) in [6, 6.07) is 6.43. The number of nitrogens with zero attached hydrogens (tertiary/aromatic N) is 3. The largest absolute Gasteiger partial charge is 0.508 e. The van der Waals surface area contributed by atoms with Gasteiger partial charge in [-0.2, -0.15) is 0 Å². The van der Waals surface area contributed by atoms with Crippen LogP contribution in [0, 0.1) is 5.41 Å². The Balaban J connectivity index is 2.03. The maximum absolute atomic E-state index is 11.7. The van der Waals surface area contributed by atoms with E-state index in [1.54, 1.807) is 49.0 Å². The van der Waals surface area contributed by atoms with Crippen molar-refractivity contribution in [3.8, 4) is 11.5 Å². The van der Waals surface area contributed by atoms with Crippen LogP contribution in [0.4, 0.5) is 0 Å². The van der Waals surface area contributed by atoms with Crippen LogP contribution in [0.2, 0.25) is 0 Å². The van der Waals surface area contributed by atoms with E-state index in [1.165, 1.54) is 7.11 Å². The van der Waals surface area contributed by atoms with Gasteiger partial charge in [0.2, 0.25) is 0 Å². The first-order valence-electron chi connectivity index (χ1n) is 6.80. The van der Waals surface area contributed by atoms with E-state index >= 15 is 0 Å². The molecule has 0 unspecified atom stereocenters. The van der Waals surface area contributed by atoms with Crippen molar-refractivity contribution < 1.29 is 19.4 Å². The van der Waals surface area contributed by atoms with E-state index in [2.05, 4.69) is 10.3 Å². The van der Waals surface area contributed by atoms with E-state index in [1.807, 2.05) is 0 Å². The van der Waals surface area contributed by atoms with Crippen LogP contribution in [0.1, 0.15) is 19.5 Å². The normalized spacial score (nSPS) is 11.2. The summed E-state index contributed by atoms with van der Waals surface area (Å²) in [4.78, 5) is 11.7. The molecule has 0 aliphatic heterocycles. The van der Waals surface area contributed by atoms with E-state index in [0.717, 1.165) is 5.69 Å². The van der Waals surface area contributed by atoms with Crippen molar-refractivity contribution in [1.29, 1.82) is 0 Å². The first-order valence-corrected chi connectivity index (χ1v) is 6.80. The number of phenolic OH excluding ortho intramolecular Hbond substituents is 1. The Morgan fingerprint density at radius 3 is 2.64 bits per heavy atom. The lowest BCUT2D eigenvalue weighted by atomic mass is 9.94. The van der Waals surface area contributed by atoms with E-state index < -0.39 is 5.41 Å². The molecule has 1 aromatic heterocycles. The molecular formula is C15H19N3O4. The summed E-state index contributed by atoms with van der Waals surface area (Å²) in [5.41, 5.74) is 0.0282. The zero-order valence-corrected chi connectivity index (χ0v) is 12.8. The van der Waals surface area contributed by atoms with Crippen molar-refractivity contribution in [2.75, 3.05) is 7.11 Å². The molecule has 0 aliphatic rings. The molecule has 0 saturated carbocycles. The van der Waals surface area contributed by atoms with E-state index in [-0.39, 0.29) is 18.3 Å². The van der Waals surface area contributed by atoms with Gasteiger partial charge in [0.15, 0.2) is 0 Å². The van der Waals surface area contributed by atoms with Crippen molar-refractivity contribution in [2.24, 2.45) is 5.41 Å². The van der Waals surface area contributed by atoms with Gasteiger partial charge in [0, 0.05) is 0 Å². The van der Waals surface area contributed by atoms with Gasteiger partial charge in [0.05, 0.1) is 31.0 Å². The first-order chi connectivity index (χ1) is 10.4. The smallest absolute Gasteiger partial charge is 0.313 e. The number of hydrogen-bond acceptors (Lipinski definition) is 6. The van der Waals surface area contributed by atoms with Crippen molar-refractivity contribution in [2.45, 2.75) is 27.0 Å². The van der Waals surface area contributed by atoms with Crippen molar-refractivity contribution in [1.82, 2.24) is 15.0 Å². The van der Waals surface area contributed by atoms with Crippen LogP contribution in [0.15, 0.2) is 30.5 Å². The summed E-state index contributed by atoms with van der Waals surface area (Å²) in [6.07, 6.45) is 1.59. The standard InChI is InChI=1S/C15H19N3O4/c1-15(2,14(20)21-3)10-18-11(8-16-17-18)9-22-13-6-4-12(19)5-7-13/h4-8,19H,9-10H2,1-3H3. The second-order valence-electron chi connectivity index (χ2n) is 5.54. The van der Waals surface area contributed by atoms with E-state index in [4.69, 9.17) is 9.47 Å². The number of hydrogen-bond donors (Lipinski definition) is 1.